The number of rotatable bonds is 3. The maximum Gasteiger partial charge on any atom is 0.0455 e. The Morgan fingerprint density at radius 3 is 2.82 bits per heavy atom. The highest BCUT2D eigenvalue weighted by molar-refractivity contribution is 5.33. The van der Waals surface area contributed by atoms with Crippen LogP contribution in [0.25, 0.3) is 0 Å². The lowest BCUT2D eigenvalue weighted by molar-refractivity contribution is 0.142. The third kappa shape index (κ3) is 2.38. The minimum atomic E-state index is 0.166. The topological polar surface area (TPSA) is 29.3 Å². The van der Waals surface area contributed by atoms with Gasteiger partial charge in [-0.3, -0.25) is 4.90 Å². The molecule has 0 heterocycles. The van der Waals surface area contributed by atoms with Crippen LogP contribution in [-0.4, -0.2) is 24.0 Å². The highest BCUT2D eigenvalue weighted by atomic mass is 15.2. The normalized spacial score (nSPS) is 25.7. The molecular weight excluding hydrogens is 208 g/mol. The Kier molecular flexibility index (Phi) is 3.85. The fourth-order valence-corrected chi connectivity index (χ4v) is 2.85. The SMILES string of the molecule is CCC(C)N(C)C1CCc2ccccc2C1N. The molecule has 2 rings (SSSR count). The van der Waals surface area contributed by atoms with Crippen molar-refractivity contribution in [1.29, 1.82) is 0 Å². The highest BCUT2D eigenvalue weighted by Gasteiger charge is 2.30. The van der Waals surface area contributed by atoms with Crippen LogP contribution in [-0.2, 0) is 6.42 Å². The van der Waals surface area contributed by atoms with Crippen LogP contribution in [0, 0.1) is 0 Å². The predicted molar refractivity (Wildman–Crippen MR) is 73.0 cm³/mol. The van der Waals surface area contributed by atoms with Gasteiger partial charge in [-0.2, -0.15) is 0 Å². The van der Waals surface area contributed by atoms with Crippen LogP contribution in [0.2, 0.25) is 0 Å². The van der Waals surface area contributed by atoms with E-state index >= 15 is 0 Å². The molecule has 2 heteroatoms. The van der Waals surface area contributed by atoms with Crippen LogP contribution in [0.4, 0.5) is 0 Å². The molecule has 3 unspecified atom stereocenters. The summed E-state index contributed by atoms with van der Waals surface area (Å²) in [7, 11) is 2.21. The number of aryl methyl sites for hydroxylation is 1. The summed E-state index contributed by atoms with van der Waals surface area (Å²) in [5, 5.41) is 0. The molecule has 1 aliphatic rings. The van der Waals surface area contributed by atoms with Crippen LogP contribution in [0.15, 0.2) is 24.3 Å². The summed E-state index contributed by atoms with van der Waals surface area (Å²) in [6, 6.07) is 9.88. The molecule has 0 radical (unpaired) electrons. The van der Waals surface area contributed by atoms with Crippen LogP contribution in [0.1, 0.15) is 43.9 Å². The van der Waals surface area contributed by atoms with Gasteiger partial charge in [-0.25, -0.2) is 0 Å². The van der Waals surface area contributed by atoms with Gasteiger partial charge in [-0.1, -0.05) is 31.2 Å². The Morgan fingerprint density at radius 1 is 1.41 bits per heavy atom. The summed E-state index contributed by atoms with van der Waals surface area (Å²) in [6.07, 6.45) is 3.52. The number of nitrogens with zero attached hydrogens (tertiary/aromatic N) is 1. The Bertz CT molecular complexity index is 375. The van der Waals surface area contributed by atoms with Gasteiger partial charge in [0.05, 0.1) is 0 Å². The predicted octanol–water partition coefficient (Wildman–Crippen LogP) is 2.73. The molecule has 1 aromatic rings. The van der Waals surface area contributed by atoms with E-state index < -0.39 is 0 Å². The van der Waals surface area contributed by atoms with Crippen molar-refractivity contribution < 1.29 is 0 Å². The van der Waals surface area contributed by atoms with E-state index in [-0.39, 0.29) is 6.04 Å². The summed E-state index contributed by atoms with van der Waals surface area (Å²) in [6.45, 7) is 4.52. The number of hydrogen-bond acceptors (Lipinski definition) is 2. The minimum absolute atomic E-state index is 0.166. The lowest BCUT2D eigenvalue weighted by Crippen LogP contribution is -2.47. The van der Waals surface area contributed by atoms with Gasteiger partial charge in [-0.15, -0.1) is 0 Å². The van der Waals surface area contributed by atoms with E-state index in [0.29, 0.717) is 12.1 Å². The summed E-state index contributed by atoms with van der Waals surface area (Å²) in [5.74, 6) is 0. The third-order valence-corrected chi connectivity index (χ3v) is 4.35. The first-order chi connectivity index (χ1) is 8.15. The fourth-order valence-electron chi connectivity index (χ4n) is 2.85. The van der Waals surface area contributed by atoms with Crippen molar-refractivity contribution in [2.75, 3.05) is 7.05 Å². The van der Waals surface area contributed by atoms with Gasteiger partial charge in [0, 0.05) is 18.1 Å². The second-order valence-electron chi connectivity index (χ2n) is 5.25. The van der Waals surface area contributed by atoms with Crippen LogP contribution in [0.5, 0.6) is 0 Å². The van der Waals surface area contributed by atoms with Crippen molar-refractivity contribution in [3.05, 3.63) is 35.4 Å². The standard InChI is InChI=1S/C15H24N2/c1-4-11(2)17(3)14-10-9-12-7-5-6-8-13(12)15(14)16/h5-8,11,14-15H,4,9-10,16H2,1-3H3. The first-order valence-electron chi connectivity index (χ1n) is 6.70. The molecule has 0 aromatic heterocycles. The zero-order chi connectivity index (χ0) is 12.4. The average molecular weight is 232 g/mol. The number of hydrogen-bond donors (Lipinski definition) is 1. The van der Waals surface area contributed by atoms with E-state index in [9.17, 15) is 0 Å². The van der Waals surface area contributed by atoms with Crippen molar-refractivity contribution in [2.24, 2.45) is 5.73 Å². The lowest BCUT2D eigenvalue weighted by Gasteiger charge is -2.40. The quantitative estimate of drug-likeness (QED) is 0.868. The molecule has 0 amide bonds. The molecule has 1 aromatic carbocycles. The maximum absolute atomic E-state index is 6.44. The molecule has 0 fully saturated rings. The molecule has 0 bridgehead atoms. The Balaban J connectivity index is 2.19. The average Bonchev–Trinajstić information content (AvgIpc) is 2.38. The molecular formula is C15H24N2. The van der Waals surface area contributed by atoms with Gasteiger partial charge < -0.3 is 5.73 Å². The maximum atomic E-state index is 6.44. The Morgan fingerprint density at radius 2 is 2.12 bits per heavy atom. The smallest absolute Gasteiger partial charge is 0.0455 e. The molecule has 0 saturated heterocycles. The van der Waals surface area contributed by atoms with Gasteiger partial charge in [-0.05, 0) is 44.4 Å². The van der Waals surface area contributed by atoms with E-state index in [4.69, 9.17) is 5.73 Å². The number of fused-ring (bicyclic) bond motifs is 1. The van der Waals surface area contributed by atoms with E-state index in [1.807, 2.05) is 0 Å². The van der Waals surface area contributed by atoms with Crippen LogP contribution in [0.3, 0.4) is 0 Å². The first kappa shape index (κ1) is 12.6. The monoisotopic (exact) mass is 232 g/mol. The second-order valence-corrected chi connectivity index (χ2v) is 5.25. The van der Waals surface area contributed by atoms with Gasteiger partial charge in [0.2, 0.25) is 0 Å². The molecule has 17 heavy (non-hydrogen) atoms. The van der Waals surface area contributed by atoms with Gasteiger partial charge in [0.1, 0.15) is 0 Å². The van der Waals surface area contributed by atoms with E-state index in [0.717, 1.165) is 6.42 Å². The minimum Gasteiger partial charge on any atom is -0.323 e. The molecule has 94 valence electrons. The zero-order valence-electron chi connectivity index (χ0n) is 11.2. The molecule has 1 aliphatic carbocycles. The second kappa shape index (κ2) is 5.19. The summed E-state index contributed by atoms with van der Waals surface area (Å²) in [5.41, 5.74) is 9.23. The molecule has 0 aliphatic heterocycles. The van der Waals surface area contributed by atoms with E-state index in [1.54, 1.807) is 0 Å². The van der Waals surface area contributed by atoms with Gasteiger partial charge in [0.25, 0.3) is 0 Å². The number of benzene rings is 1. The van der Waals surface area contributed by atoms with E-state index in [2.05, 4.69) is 50.1 Å². The Labute approximate surface area is 105 Å². The Hall–Kier alpha value is -0.860. The van der Waals surface area contributed by atoms with Gasteiger partial charge >= 0.3 is 0 Å². The molecule has 0 saturated carbocycles. The molecule has 3 atom stereocenters. The summed E-state index contributed by atoms with van der Waals surface area (Å²) in [4.78, 5) is 2.46. The lowest BCUT2D eigenvalue weighted by atomic mass is 9.83. The zero-order valence-corrected chi connectivity index (χ0v) is 11.2. The van der Waals surface area contributed by atoms with Crippen LogP contribution < -0.4 is 5.73 Å². The van der Waals surface area contributed by atoms with Gasteiger partial charge in [0.15, 0.2) is 0 Å². The number of likely N-dealkylation sites (N-methyl/N-ethyl adjacent to an activating group) is 1. The molecule has 0 spiro atoms. The third-order valence-electron chi connectivity index (χ3n) is 4.35. The summed E-state index contributed by atoms with van der Waals surface area (Å²) >= 11 is 0. The number of nitrogens with two attached hydrogens (primary N) is 1. The van der Waals surface area contributed by atoms with Crippen molar-refractivity contribution in [3.8, 4) is 0 Å². The molecule has 2 nitrogen and oxygen atoms in total. The van der Waals surface area contributed by atoms with Crippen molar-refractivity contribution in [3.63, 3.8) is 0 Å². The van der Waals surface area contributed by atoms with Crippen molar-refractivity contribution in [2.45, 2.75) is 51.2 Å². The first-order valence-corrected chi connectivity index (χ1v) is 6.70. The summed E-state index contributed by atoms with van der Waals surface area (Å²) < 4.78 is 0. The molecule has 2 N–H and O–H groups in total. The largest absolute Gasteiger partial charge is 0.323 e. The van der Waals surface area contributed by atoms with Crippen molar-refractivity contribution in [1.82, 2.24) is 4.90 Å². The highest BCUT2D eigenvalue weighted by Crippen LogP contribution is 2.31. The fraction of sp³-hybridized carbons (Fsp3) is 0.600. The van der Waals surface area contributed by atoms with Crippen LogP contribution >= 0.6 is 0 Å². The van der Waals surface area contributed by atoms with E-state index in [1.165, 1.54) is 24.0 Å². The van der Waals surface area contributed by atoms with Crippen molar-refractivity contribution >= 4 is 0 Å².